The molecule has 1 N–H and O–H groups in total. The summed E-state index contributed by atoms with van der Waals surface area (Å²) < 4.78 is 5.44. The van der Waals surface area contributed by atoms with E-state index < -0.39 is 5.60 Å². The minimum atomic E-state index is -0.489. The van der Waals surface area contributed by atoms with Gasteiger partial charge in [-0.05, 0) is 57.7 Å². The van der Waals surface area contributed by atoms with Crippen LogP contribution in [0, 0.1) is 0 Å². The van der Waals surface area contributed by atoms with Crippen LogP contribution in [-0.4, -0.2) is 29.4 Å². The number of carbonyl (C=O) groups is 1. The van der Waals surface area contributed by atoms with Gasteiger partial charge in [-0.25, -0.2) is 4.79 Å². The van der Waals surface area contributed by atoms with Crippen LogP contribution in [0.5, 0.6) is 0 Å². The summed E-state index contributed by atoms with van der Waals surface area (Å²) in [5.41, 5.74) is 2.69. The van der Waals surface area contributed by atoms with Gasteiger partial charge in [0.05, 0.1) is 11.8 Å². The predicted octanol–water partition coefficient (Wildman–Crippen LogP) is 2.91. The van der Waals surface area contributed by atoms with Crippen molar-refractivity contribution >= 4 is 11.8 Å². The van der Waals surface area contributed by atoms with Crippen molar-refractivity contribution in [3.8, 4) is 0 Å². The highest BCUT2D eigenvalue weighted by Gasteiger charge is 2.30. The minimum absolute atomic E-state index is 0.301. The van der Waals surface area contributed by atoms with Crippen LogP contribution in [0.2, 0.25) is 0 Å². The zero-order valence-corrected chi connectivity index (χ0v) is 12.6. The number of hydrogen-bond acceptors (Lipinski definition) is 3. The maximum Gasteiger partial charge on any atom is 0.414 e. The molecular weight excluding hydrogens is 254 g/mol. The Morgan fingerprint density at radius 3 is 2.75 bits per heavy atom. The first-order valence-corrected chi connectivity index (χ1v) is 7.07. The summed E-state index contributed by atoms with van der Waals surface area (Å²) in [5, 5.41) is 9.56. The third kappa shape index (κ3) is 3.31. The number of carbonyl (C=O) groups excluding carboxylic acids is 1. The smallest absolute Gasteiger partial charge is 0.414 e. The second-order valence-corrected chi connectivity index (χ2v) is 6.35. The van der Waals surface area contributed by atoms with Crippen LogP contribution in [0.1, 0.15) is 38.8 Å². The molecule has 0 radical (unpaired) electrons. The largest absolute Gasteiger partial charge is 0.443 e. The molecule has 1 amide bonds. The quantitative estimate of drug-likeness (QED) is 0.904. The molecule has 4 heteroatoms. The summed E-state index contributed by atoms with van der Waals surface area (Å²) in [6.45, 7) is 8.02. The average Bonchev–Trinajstić information content (AvgIpc) is 2.70. The summed E-state index contributed by atoms with van der Waals surface area (Å²) in [6.07, 6.45) is 0.755. The van der Waals surface area contributed by atoms with Crippen LogP contribution in [0.25, 0.3) is 0 Å². The van der Waals surface area contributed by atoms with Gasteiger partial charge in [0, 0.05) is 6.54 Å². The average molecular weight is 277 g/mol. The number of aliphatic hydroxyl groups excluding tert-OH is 1. The van der Waals surface area contributed by atoms with E-state index in [-0.39, 0.29) is 12.2 Å². The van der Waals surface area contributed by atoms with E-state index in [0.29, 0.717) is 13.0 Å². The SMILES string of the molecule is CC(O)Cc1cccc2c1CCN2C(=O)OC(C)(C)C. The molecular formula is C16H23NO3. The molecule has 1 aromatic carbocycles. The van der Waals surface area contributed by atoms with Crippen LogP contribution in [-0.2, 0) is 17.6 Å². The molecule has 20 heavy (non-hydrogen) atoms. The van der Waals surface area contributed by atoms with Gasteiger partial charge in [-0.15, -0.1) is 0 Å². The van der Waals surface area contributed by atoms with Crippen LogP contribution in [0.3, 0.4) is 0 Å². The lowest BCUT2D eigenvalue weighted by atomic mass is 10.00. The fourth-order valence-corrected chi connectivity index (χ4v) is 2.52. The molecule has 0 bridgehead atoms. The zero-order chi connectivity index (χ0) is 14.9. The standard InChI is InChI=1S/C16H23NO3/c1-11(18)10-12-6-5-7-14-13(12)8-9-17(14)15(19)20-16(2,3)4/h5-7,11,18H,8-10H2,1-4H3. The lowest BCUT2D eigenvalue weighted by Crippen LogP contribution is -2.35. The number of anilines is 1. The zero-order valence-electron chi connectivity index (χ0n) is 12.6. The van der Waals surface area contributed by atoms with E-state index in [0.717, 1.165) is 23.2 Å². The van der Waals surface area contributed by atoms with Gasteiger partial charge in [0.1, 0.15) is 5.60 Å². The molecule has 0 fully saturated rings. The van der Waals surface area contributed by atoms with E-state index in [1.807, 2.05) is 39.0 Å². The summed E-state index contributed by atoms with van der Waals surface area (Å²) >= 11 is 0. The molecule has 110 valence electrons. The first-order valence-electron chi connectivity index (χ1n) is 7.07. The van der Waals surface area contributed by atoms with E-state index in [1.165, 1.54) is 0 Å². The molecule has 1 heterocycles. The number of hydrogen-bond donors (Lipinski definition) is 1. The van der Waals surface area contributed by atoms with Crippen LogP contribution in [0.4, 0.5) is 10.5 Å². The number of aliphatic hydroxyl groups is 1. The van der Waals surface area contributed by atoms with Crippen molar-refractivity contribution in [2.45, 2.75) is 52.2 Å². The monoisotopic (exact) mass is 277 g/mol. The number of rotatable bonds is 2. The molecule has 1 aliphatic rings. The van der Waals surface area contributed by atoms with Crippen LogP contribution < -0.4 is 4.90 Å². The van der Waals surface area contributed by atoms with Crippen molar-refractivity contribution in [3.05, 3.63) is 29.3 Å². The molecule has 1 aromatic rings. The molecule has 1 aliphatic heterocycles. The second-order valence-electron chi connectivity index (χ2n) is 6.35. The van der Waals surface area contributed by atoms with Gasteiger partial charge in [-0.2, -0.15) is 0 Å². The third-order valence-corrected chi connectivity index (χ3v) is 3.25. The summed E-state index contributed by atoms with van der Waals surface area (Å²) in [5.74, 6) is 0. The van der Waals surface area contributed by atoms with E-state index in [1.54, 1.807) is 11.8 Å². The lowest BCUT2D eigenvalue weighted by Gasteiger charge is -2.25. The Hall–Kier alpha value is -1.55. The molecule has 1 atom stereocenters. The van der Waals surface area contributed by atoms with Crippen LogP contribution >= 0.6 is 0 Å². The minimum Gasteiger partial charge on any atom is -0.443 e. The maximum absolute atomic E-state index is 12.2. The van der Waals surface area contributed by atoms with Gasteiger partial charge in [0.15, 0.2) is 0 Å². The topological polar surface area (TPSA) is 49.8 Å². The summed E-state index contributed by atoms with van der Waals surface area (Å²) in [6, 6.07) is 5.89. The highest BCUT2D eigenvalue weighted by atomic mass is 16.6. The van der Waals surface area contributed by atoms with Gasteiger partial charge in [0.25, 0.3) is 0 Å². The fourth-order valence-electron chi connectivity index (χ4n) is 2.52. The number of benzene rings is 1. The van der Waals surface area contributed by atoms with E-state index in [9.17, 15) is 9.90 Å². The Kier molecular flexibility index (Phi) is 4.04. The Bertz CT molecular complexity index is 503. The van der Waals surface area contributed by atoms with E-state index in [4.69, 9.17) is 4.74 Å². The molecule has 0 saturated heterocycles. The highest BCUT2D eigenvalue weighted by molar-refractivity contribution is 5.90. The van der Waals surface area contributed by atoms with Gasteiger partial charge < -0.3 is 9.84 Å². The lowest BCUT2D eigenvalue weighted by molar-refractivity contribution is 0.0584. The van der Waals surface area contributed by atoms with Crippen molar-refractivity contribution in [1.29, 1.82) is 0 Å². The van der Waals surface area contributed by atoms with Gasteiger partial charge >= 0.3 is 6.09 Å². The number of nitrogens with zero attached hydrogens (tertiary/aromatic N) is 1. The molecule has 2 rings (SSSR count). The Balaban J connectivity index is 2.23. The molecule has 4 nitrogen and oxygen atoms in total. The molecule has 0 saturated carbocycles. The first-order chi connectivity index (χ1) is 9.28. The van der Waals surface area contributed by atoms with Gasteiger partial charge in [-0.3, -0.25) is 4.90 Å². The normalized spacial score (nSPS) is 15.9. The number of amides is 1. The summed E-state index contributed by atoms with van der Waals surface area (Å²) in [4.78, 5) is 13.9. The number of fused-ring (bicyclic) bond motifs is 1. The molecule has 0 aromatic heterocycles. The van der Waals surface area contributed by atoms with Crippen molar-refractivity contribution in [1.82, 2.24) is 0 Å². The van der Waals surface area contributed by atoms with Crippen molar-refractivity contribution in [3.63, 3.8) is 0 Å². The van der Waals surface area contributed by atoms with Crippen molar-refractivity contribution in [2.75, 3.05) is 11.4 Å². The predicted molar refractivity (Wildman–Crippen MR) is 79.1 cm³/mol. The maximum atomic E-state index is 12.2. The molecule has 0 spiro atoms. The van der Waals surface area contributed by atoms with Gasteiger partial charge in [-0.1, -0.05) is 12.1 Å². The Morgan fingerprint density at radius 2 is 2.15 bits per heavy atom. The highest BCUT2D eigenvalue weighted by Crippen LogP contribution is 2.32. The molecule has 0 aliphatic carbocycles. The van der Waals surface area contributed by atoms with Crippen LogP contribution in [0.15, 0.2) is 18.2 Å². The van der Waals surface area contributed by atoms with E-state index >= 15 is 0 Å². The molecule has 1 unspecified atom stereocenters. The first kappa shape index (κ1) is 14.9. The Labute approximate surface area is 120 Å². The van der Waals surface area contributed by atoms with Crippen molar-refractivity contribution < 1.29 is 14.6 Å². The van der Waals surface area contributed by atoms with E-state index in [2.05, 4.69) is 0 Å². The Morgan fingerprint density at radius 1 is 1.45 bits per heavy atom. The number of ether oxygens (including phenoxy) is 1. The summed E-state index contributed by atoms with van der Waals surface area (Å²) in [7, 11) is 0. The third-order valence-electron chi connectivity index (χ3n) is 3.25. The van der Waals surface area contributed by atoms with Gasteiger partial charge in [0.2, 0.25) is 0 Å². The fraction of sp³-hybridized carbons (Fsp3) is 0.562. The second kappa shape index (κ2) is 5.44. The van der Waals surface area contributed by atoms with Crippen molar-refractivity contribution in [2.24, 2.45) is 0 Å².